The molecular weight excluding hydrogens is 541 g/mol. The van der Waals surface area contributed by atoms with E-state index in [9.17, 15) is 27.9 Å². The van der Waals surface area contributed by atoms with Crippen LogP contribution in [0, 0.1) is 11.8 Å². The van der Waals surface area contributed by atoms with Crippen LogP contribution in [-0.2, 0) is 27.1 Å². The molecule has 2 saturated carbocycles. The van der Waals surface area contributed by atoms with E-state index in [1.54, 1.807) is 12.0 Å². The lowest BCUT2D eigenvalue weighted by Crippen LogP contribution is -2.47. The molecule has 0 aliphatic heterocycles. The first-order chi connectivity index (χ1) is 19.5. The number of anilines is 1. The van der Waals surface area contributed by atoms with Gasteiger partial charge in [0.25, 0.3) is 0 Å². The number of carbonyl (C=O) groups excluding carboxylic acids is 2. The van der Waals surface area contributed by atoms with Crippen LogP contribution in [-0.4, -0.2) is 48.3 Å². The molecule has 1 heterocycles. The molecule has 0 saturated heterocycles. The number of halogens is 3. The predicted octanol–water partition coefficient (Wildman–Crippen LogP) is 6.29. The van der Waals surface area contributed by atoms with Crippen molar-refractivity contribution < 1.29 is 42.1 Å². The molecule has 2 fully saturated rings. The van der Waals surface area contributed by atoms with E-state index in [1.165, 1.54) is 25.3 Å². The number of hydrogen-bond acceptors (Lipinski definition) is 7. The van der Waals surface area contributed by atoms with Crippen molar-refractivity contribution in [1.29, 1.82) is 0 Å². The molecule has 1 N–H and O–H groups in total. The highest BCUT2D eigenvalue weighted by atomic mass is 19.4. The first-order valence-electron chi connectivity index (χ1n) is 14.0. The van der Waals surface area contributed by atoms with Crippen LogP contribution in [0.4, 0.5) is 18.9 Å². The van der Waals surface area contributed by atoms with Crippen molar-refractivity contribution in [3.05, 3.63) is 47.2 Å². The number of carbonyl (C=O) groups is 2. The van der Waals surface area contributed by atoms with Crippen molar-refractivity contribution in [2.24, 2.45) is 11.8 Å². The van der Waals surface area contributed by atoms with Gasteiger partial charge in [0.1, 0.15) is 11.3 Å². The number of aromatic nitrogens is 1. The lowest BCUT2D eigenvalue weighted by molar-refractivity contribution is -0.139. The van der Waals surface area contributed by atoms with Crippen LogP contribution < -0.4 is 9.64 Å². The van der Waals surface area contributed by atoms with Crippen LogP contribution in [0.5, 0.6) is 11.6 Å². The topological polar surface area (TPSA) is 98.2 Å². The number of ether oxygens (including phenoxy) is 3. The van der Waals surface area contributed by atoms with Crippen LogP contribution in [0.1, 0.15) is 79.8 Å². The van der Waals surface area contributed by atoms with Gasteiger partial charge in [0.2, 0.25) is 11.8 Å². The van der Waals surface area contributed by atoms with E-state index in [1.807, 2.05) is 0 Å². The number of nitrogens with zero attached hydrogens (tertiary/aromatic N) is 2. The lowest BCUT2D eigenvalue weighted by atomic mass is 9.81. The average Bonchev–Trinajstić information content (AvgIpc) is 2.97. The van der Waals surface area contributed by atoms with Gasteiger partial charge in [-0.25, -0.2) is 9.78 Å². The zero-order valence-electron chi connectivity index (χ0n) is 23.6. The Hall–Kier alpha value is -3.18. The van der Waals surface area contributed by atoms with E-state index >= 15 is 0 Å². The molecule has 224 valence electrons. The summed E-state index contributed by atoms with van der Waals surface area (Å²) in [6.45, 7) is 1.56. The number of amides is 1. The van der Waals surface area contributed by atoms with Crippen molar-refractivity contribution in [3.8, 4) is 11.6 Å². The standard InChI is InChI=1S/C30H37F3N2O6/c1-18-4-6-20(7-5-18)28(37)35(21-8-10-22(39-2)11-9-21)26-13-12-23(15-24(26)29(38)40-3)41-27-25(30(31,32)33)14-19(17-36)16-34-27/h12-16,18,20-22,36H,4-11,17H2,1-3H3/t18-,20-,21?,22?. The molecule has 1 aromatic heterocycles. The maximum absolute atomic E-state index is 14.1. The molecule has 1 amide bonds. The Labute approximate surface area is 237 Å². The van der Waals surface area contributed by atoms with Crippen molar-refractivity contribution in [2.75, 3.05) is 19.1 Å². The van der Waals surface area contributed by atoms with Gasteiger partial charge in [0.05, 0.1) is 31.1 Å². The molecule has 41 heavy (non-hydrogen) atoms. The summed E-state index contributed by atoms with van der Waals surface area (Å²) in [6, 6.07) is 4.83. The third kappa shape index (κ3) is 7.19. The molecule has 0 unspecified atom stereocenters. The maximum Gasteiger partial charge on any atom is 0.421 e. The summed E-state index contributed by atoms with van der Waals surface area (Å²) in [4.78, 5) is 32.5. The third-order valence-electron chi connectivity index (χ3n) is 8.19. The second-order valence-electron chi connectivity index (χ2n) is 11.0. The molecule has 2 aliphatic carbocycles. The van der Waals surface area contributed by atoms with Crippen LogP contribution in [0.25, 0.3) is 0 Å². The number of benzene rings is 1. The summed E-state index contributed by atoms with van der Waals surface area (Å²) in [5.74, 6) is -1.24. The summed E-state index contributed by atoms with van der Waals surface area (Å²) < 4.78 is 57.2. The molecule has 2 aromatic rings. The zero-order valence-corrected chi connectivity index (χ0v) is 23.6. The monoisotopic (exact) mass is 578 g/mol. The van der Waals surface area contributed by atoms with E-state index in [0.29, 0.717) is 24.4 Å². The van der Waals surface area contributed by atoms with Crippen molar-refractivity contribution in [1.82, 2.24) is 4.98 Å². The van der Waals surface area contributed by atoms with Crippen molar-refractivity contribution >= 4 is 17.6 Å². The van der Waals surface area contributed by atoms with E-state index in [0.717, 1.165) is 50.8 Å². The molecule has 0 atom stereocenters. The summed E-state index contributed by atoms with van der Waals surface area (Å²) in [5.41, 5.74) is -0.832. The fraction of sp³-hybridized carbons (Fsp3) is 0.567. The minimum atomic E-state index is -4.79. The largest absolute Gasteiger partial charge is 0.465 e. The van der Waals surface area contributed by atoms with Gasteiger partial charge in [-0.1, -0.05) is 6.92 Å². The van der Waals surface area contributed by atoms with E-state index < -0.39 is 30.2 Å². The molecule has 4 rings (SSSR count). The lowest BCUT2D eigenvalue weighted by Gasteiger charge is -2.40. The summed E-state index contributed by atoms with van der Waals surface area (Å²) in [7, 11) is 2.87. The Kier molecular flexibility index (Phi) is 9.91. The highest BCUT2D eigenvalue weighted by Crippen LogP contribution is 2.40. The maximum atomic E-state index is 14.1. The molecule has 2 aliphatic rings. The summed E-state index contributed by atoms with van der Waals surface area (Å²) in [5, 5.41) is 9.26. The van der Waals surface area contributed by atoms with Gasteiger partial charge in [0, 0.05) is 25.3 Å². The highest BCUT2D eigenvalue weighted by Gasteiger charge is 2.38. The second kappa shape index (κ2) is 13.2. The number of aliphatic hydroxyl groups is 1. The van der Waals surface area contributed by atoms with Gasteiger partial charge in [-0.3, -0.25) is 4.79 Å². The molecule has 1 aromatic carbocycles. The van der Waals surface area contributed by atoms with Crippen molar-refractivity contribution in [3.63, 3.8) is 0 Å². The number of rotatable bonds is 8. The number of aliphatic hydroxyl groups excluding tert-OH is 1. The van der Waals surface area contributed by atoms with Crippen molar-refractivity contribution in [2.45, 2.75) is 83.2 Å². The minimum absolute atomic E-state index is 0.0110. The smallest absolute Gasteiger partial charge is 0.421 e. The predicted molar refractivity (Wildman–Crippen MR) is 145 cm³/mol. The van der Waals surface area contributed by atoms with Gasteiger partial charge in [-0.2, -0.15) is 13.2 Å². The number of alkyl halides is 3. The molecule has 0 bridgehead atoms. The summed E-state index contributed by atoms with van der Waals surface area (Å²) >= 11 is 0. The van der Waals surface area contributed by atoms with Crippen LogP contribution in [0.15, 0.2) is 30.5 Å². The average molecular weight is 579 g/mol. The zero-order chi connectivity index (χ0) is 29.7. The molecule has 11 heteroatoms. The number of pyridine rings is 1. The number of esters is 1. The van der Waals surface area contributed by atoms with Crippen LogP contribution in [0.3, 0.4) is 0 Å². The van der Waals surface area contributed by atoms with Gasteiger partial charge in [0.15, 0.2) is 0 Å². The van der Waals surface area contributed by atoms with Gasteiger partial charge in [-0.15, -0.1) is 0 Å². The van der Waals surface area contributed by atoms with Gasteiger partial charge in [-0.05, 0) is 87.1 Å². The molecule has 8 nitrogen and oxygen atoms in total. The Bertz CT molecular complexity index is 1220. The second-order valence-corrected chi connectivity index (χ2v) is 11.0. The highest BCUT2D eigenvalue weighted by molar-refractivity contribution is 6.04. The Morgan fingerprint density at radius 1 is 1.02 bits per heavy atom. The van der Waals surface area contributed by atoms with Crippen LogP contribution in [0.2, 0.25) is 0 Å². The summed E-state index contributed by atoms with van der Waals surface area (Å²) in [6.07, 6.45) is 2.69. The Morgan fingerprint density at radius 3 is 2.29 bits per heavy atom. The van der Waals surface area contributed by atoms with Gasteiger partial charge >= 0.3 is 12.1 Å². The number of hydrogen-bond donors (Lipinski definition) is 1. The SMILES string of the molecule is COC(=O)c1cc(Oc2ncc(CO)cc2C(F)(F)F)ccc1N(C(=O)[C@H]1CC[C@H](C)CC1)C1CCC(OC)CC1. The van der Waals surface area contributed by atoms with E-state index in [2.05, 4.69) is 11.9 Å². The normalized spacial score (nSPS) is 23.1. The number of methoxy groups -OCH3 is 2. The quantitative estimate of drug-likeness (QED) is 0.368. The first-order valence-corrected chi connectivity index (χ1v) is 14.0. The Balaban J connectivity index is 1.73. The third-order valence-corrected chi connectivity index (χ3v) is 8.19. The van der Waals surface area contributed by atoms with Gasteiger partial charge < -0.3 is 24.2 Å². The molecule has 0 spiro atoms. The van der Waals surface area contributed by atoms with E-state index in [4.69, 9.17) is 14.2 Å². The first kappa shape index (κ1) is 30.8. The van der Waals surface area contributed by atoms with Crippen LogP contribution >= 0.6 is 0 Å². The minimum Gasteiger partial charge on any atom is -0.465 e. The molecule has 0 radical (unpaired) electrons. The Morgan fingerprint density at radius 2 is 1.71 bits per heavy atom. The van der Waals surface area contributed by atoms with E-state index in [-0.39, 0.29) is 40.8 Å². The molecular formula is C30H37F3N2O6. The fourth-order valence-electron chi connectivity index (χ4n) is 5.78. The fourth-order valence-corrected chi connectivity index (χ4v) is 5.78.